The molecule has 0 aliphatic carbocycles. The van der Waals surface area contributed by atoms with Crippen LogP contribution in [-0.4, -0.2) is 34.4 Å². The predicted molar refractivity (Wildman–Crippen MR) is 126 cm³/mol. The quantitative estimate of drug-likeness (QED) is 0.220. The van der Waals surface area contributed by atoms with Crippen molar-refractivity contribution < 1.29 is 33.1 Å². The van der Waals surface area contributed by atoms with Gasteiger partial charge in [0.2, 0.25) is 5.78 Å². The summed E-state index contributed by atoms with van der Waals surface area (Å²) in [4.78, 5) is 44.8. The number of furan rings is 2. The molecule has 176 valence electrons. The molecule has 0 bridgehead atoms. The number of para-hydroxylation sites is 1. The van der Waals surface area contributed by atoms with Gasteiger partial charge in [-0.25, -0.2) is 9.78 Å². The molecule has 1 atom stereocenters. The van der Waals surface area contributed by atoms with E-state index in [0.29, 0.717) is 16.7 Å². The Hall–Kier alpha value is -4.44. The number of carbonyl (C=O) groups is 3. The number of aliphatic hydroxyl groups excluding tert-OH is 1. The average molecular weight is 490 g/mol. The van der Waals surface area contributed by atoms with Crippen molar-refractivity contribution >= 4 is 45.1 Å². The Morgan fingerprint density at radius 1 is 1.29 bits per heavy atom. The number of ether oxygens (including phenoxy) is 1. The smallest absolute Gasteiger partial charge is 0.350 e. The van der Waals surface area contributed by atoms with Crippen LogP contribution < -0.4 is 4.90 Å². The van der Waals surface area contributed by atoms with Gasteiger partial charge in [0.15, 0.2) is 16.7 Å². The van der Waals surface area contributed by atoms with Gasteiger partial charge in [0, 0.05) is 5.39 Å². The van der Waals surface area contributed by atoms with E-state index >= 15 is 0 Å². The van der Waals surface area contributed by atoms with Crippen molar-refractivity contribution in [2.24, 2.45) is 0 Å². The Labute approximate surface area is 202 Å². The van der Waals surface area contributed by atoms with Crippen LogP contribution in [0.1, 0.15) is 37.7 Å². The van der Waals surface area contributed by atoms with Gasteiger partial charge in [0.05, 0.1) is 17.5 Å². The summed E-state index contributed by atoms with van der Waals surface area (Å²) in [5, 5.41) is 11.6. The molecule has 4 heterocycles. The van der Waals surface area contributed by atoms with Gasteiger partial charge in [-0.15, -0.1) is 0 Å². The number of aromatic nitrogens is 1. The SMILES string of the molecule is C=CCOC(=O)c1sc(N2C(=O)C(O)=C(C(=O)c3cc4ccccc4o3)C2c2ccco2)nc1C. The zero-order valence-corrected chi connectivity index (χ0v) is 19.2. The number of thiazole rings is 1. The minimum Gasteiger partial charge on any atom is -0.503 e. The summed E-state index contributed by atoms with van der Waals surface area (Å²) in [5.74, 6) is -2.71. The molecule has 35 heavy (non-hydrogen) atoms. The van der Waals surface area contributed by atoms with Crippen molar-refractivity contribution in [1.29, 1.82) is 0 Å². The highest BCUT2D eigenvalue weighted by Crippen LogP contribution is 2.44. The van der Waals surface area contributed by atoms with E-state index in [9.17, 15) is 19.5 Å². The summed E-state index contributed by atoms with van der Waals surface area (Å²) < 4.78 is 16.3. The molecule has 1 unspecified atom stereocenters. The molecule has 4 aromatic rings. The molecule has 10 heteroatoms. The number of fused-ring (bicyclic) bond motifs is 1. The van der Waals surface area contributed by atoms with Gasteiger partial charge in [-0.05, 0) is 31.2 Å². The number of anilines is 1. The third-order valence-electron chi connectivity index (χ3n) is 5.42. The van der Waals surface area contributed by atoms with Crippen molar-refractivity contribution in [2.45, 2.75) is 13.0 Å². The Balaban J connectivity index is 1.58. The van der Waals surface area contributed by atoms with Crippen LogP contribution in [0.5, 0.6) is 0 Å². The van der Waals surface area contributed by atoms with E-state index in [0.717, 1.165) is 16.2 Å². The van der Waals surface area contributed by atoms with Crippen LogP contribution in [0.2, 0.25) is 0 Å². The van der Waals surface area contributed by atoms with Crippen molar-refractivity contribution in [3.63, 3.8) is 0 Å². The lowest BCUT2D eigenvalue weighted by Crippen LogP contribution is -2.30. The summed E-state index contributed by atoms with van der Waals surface area (Å²) in [7, 11) is 0. The number of carbonyl (C=O) groups excluding carboxylic acids is 3. The Morgan fingerprint density at radius 3 is 2.80 bits per heavy atom. The number of amides is 1. The van der Waals surface area contributed by atoms with Crippen LogP contribution in [0, 0.1) is 6.92 Å². The fourth-order valence-corrected chi connectivity index (χ4v) is 4.84. The fraction of sp³-hybridized carbons (Fsp3) is 0.120. The van der Waals surface area contributed by atoms with Crippen molar-refractivity contribution in [2.75, 3.05) is 11.5 Å². The molecule has 0 saturated heterocycles. The molecule has 1 aliphatic heterocycles. The number of nitrogens with zero attached hydrogens (tertiary/aromatic N) is 2. The lowest BCUT2D eigenvalue weighted by molar-refractivity contribution is -0.117. The largest absolute Gasteiger partial charge is 0.503 e. The summed E-state index contributed by atoms with van der Waals surface area (Å²) in [6.07, 6.45) is 2.83. The second kappa shape index (κ2) is 8.73. The van der Waals surface area contributed by atoms with Crippen LogP contribution in [0.3, 0.4) is 0 Å². The van der Waals surface area contributed by atoms with Crippen molar-refractivity contribution in [1.82, 2.24) is 4.98 Å². The molecule has 1 aliphatic rings. The fourth-order valence-electron chi connectivity index (χ4n) is 3.85. The maximum absolute atomic E-state index is 13.5. The van der Waals surface area contributed by atoms with Gasteiger partial charge in [-0.1, -0.05) is 42.2 Å². The van der Waals surface area contributed by atoms with Gasteiger partial charge in [-0.3, -0.25) is 14.5 Å². The number of esters is 1. The van der Waals surface area contributed by atoms with Crippen molar-refractivity contribution in [3.05, 3.63) is 94.8 Å². The Morgan fingerprint density at radius 2 is 2.09 bits per heavy atom. The van der Waals surface area contributed by atoms with Gasteiger partial charge in [0.25, 0.3) is 5.91 Å². The monoisotopic (exact) mass is 490 g/mol. The number of aliphatic hydroxyl groups is 1. The lowest BCUT2D eigenvalue weighted by atomic mass is 10.00. The van der Waals surface area contributed by atoms with E-state index in [-0.39, 0.29) is 33.7 Å². The molecule has 5 rings (SSSR count). The molecule has 0 saturated carbocycles. The first-order valence-electron chi connectivity index (χ1n) is 10.5. The molecule has 3 aromatic heterocycles. The molecule has 1 N–H and O–H groups in total. The van der Waals surface area contributed by atoms with Gasteiger partial charge >= 0.3 is 5.97 Å². The average Bonchev–Trinajstić information content (AvgIpc) is 3.63. The summed E-state index contributed by atoms with van der Waals surface area (Å²) >= 11 is 0.906. The molecule has 0 radical (unpaired) electrons. The first-order chi connectivity index (χ1) is 16.9. The van der Waals surface area contributed by atoms with Crippen LogP contribution in [0.25, 0.3) is 11.0 Å². The minimum atomic E-state index is -1.12. The number of hydrogen-bond donors (Lipinski definition) is 1. The molecule has 1 aromatic carbocycles. The number of hydrogen-bond acceptors (Lipinski definition) is 9. The number of rotatable bonds is 7. The van der Waals surface area contributed by atoms with E-state index < -0.39 is 29.5 Å². The molecular weight excluding hydrogens is 472 g/mol. The van der Waals surface area contributed by atoms with Crippen LogP contribution in [0.4, 0.5) is 5.13 Å². The normalized spacial score (nSPS) is 15.7. The highest BCUT2D eigenvalue weighted by molar-refractivity contribution is 7.17. The Kier molecular flexibility index (Phi) is 5.58. The summed E-state index contributed by atoms with van der Waals surface area (Å²) in [5.41, 5.74) is 0.610. The van der Waals surface area contributed by atoms with Crippen molar-refractivity contribution in [3.8, 4) is 0 Å². The standard InChI is InChI=1S/C25H18N2O7S/c1-3-10-33-24(31)22-13(2)26-25(35-22)27-19(16-9-6-11-32-16)18(21(29)23(27)30)20(28)17-12-14-7-4-5-8-15(14)34-17/h3-9,11-12,19,29H,1,10H2,2H3. The molecular formula is C25H18N2O7S. The third-order valence-corrected chi connectivity index (χ3v) is 6.56. The van der Waals surface area contributed by atoms with E-state index in [1.165, 1.54) is 12.3 Å². The third kappa shape index (κ3) is 3.73. The second-order valence-corrected chi connectivity index (χ2v) is 8.61. The van der Waals surface area contributed by atoms with E-state index in [1.807, 2.05) is 0 Å². The second-order valence-electron chi connectivity index (χ2n) is 7.63. The molecule has 9 nitrogen and oxygen atoms in total. The highest BCUT2D eigenvalue weighted by atomic mass is 32.1. The number of aryl methyl sites for hydroxylation is 1. The molecule has 0 spiro atoms. The maximum atomic E-state index is 13.5. The van der Waals surface area contributed by atoms with E-state index in [4.69, 9.17) is 13.6 Å². The Bertz CT molecular complexity index is 1480. The van der Waals surface area contributed by atoms with Crippen LogP contribution in [0.15, 0.2) is 81.5 Å². The zero-order chi connectivity index (χ0) is 24.7. The van der Waals surface area contributed by atoms with Crippen LogP contribution >= 0.6 is 11.3 Å². The highest BCUT2D eigenvalue weighted by Gasteiger charge is 2.48. The molecule has 1 amide bonds. The van der Waals surface area contributed by atoms with Crippen LogP contribution in [-0.2, 0) is 9.53 Å². The van der Waals surface area contributed by atoms with E-state index in [2.05, 4.69) is 11.6 Å². The summed E-state index contributed by atoms with van der Waals surface area (Å²) in [6, 6.07) is 10.7. The first kappa shape index (κ1) is 22.4. The lowest BCUT2D eigenvalue weighted by Gasteiger charge is -2.21. The topological polar surface area (TPSA) is 123 Å². The zero-order valence-electron chi connectivity index (χ0n) is 18.4. The number of ketones is 1. The van der Waals surface area contributed by atoms with Gasteiger partial charge in [0.1, 0.15) is 28.9 Å². The predicted octanol–water partition coefficient (Wildman–Crippen LogP) is 4.92. The van der Waals surface area contributed by atoms with E-state index in [1.54, 1.807) is 49.4 Å². The number of benzene rings is 1. The molecule has 0 fully saturated rings. The van der Waals surface area contributed by atoms with Gasteiger partial charge < -0.3 is 18.7 Å². The first-order valence-corrected chi connectivity index (χ1v) is 11.3. The van der Waals surface area contributed by atoms with Gasteiger partial charge in [-0.2, -0.15) is 0 Å². The minimum absolute atomic E-state index is 0.0155. The maximum Gasteiger partial charge on any atom is 0.350 e. The number of Topliss-reactive ketones (excluding diaryl/α,β-unsaturated/α-hetero) is 1. The summed E-state index contributed by atoms with van der Waals surface area (Å²) in [6.45, 7) is 5.13.